The summed E-state index contributed by atoms with van der Waals surface area (Å²) in [6.45, 7) is 4.15. The summed E-state index contributed by atoms with van der Waals surface area (Å²) >= 11 is 7.55. The van der Waals surface area contributed by atoms with Gasteiger partial charge in [-0.2, -0.15) is 0 Å². The van der Waals surface area contributed by atoms with Gasteiger partial charge in [-0.05, 0) is 42.2 Å². The van der Waals surface area contributed by atoms with Crippen LogP contribution >= 0.6 is 23.4 Å². The van der Waals surface area contributed by atoms with Gasteiger partial charge in [-0.3, -0.25) is 4.79 Å². The van der Waals surface area contributed by atoms with E-state index in [9.17, 15) is 4.79 Å². The van der Waals surface area contributed by atoms with Crippen molar-refractivity contribution in [2.75, 3.05) is 5.75 Å². The summed E-state index contributed by atoms with van der Waals surface area (Å²) in [6, 6.07) is 16.2. The van der Waals surface area contributed by atoms with Crippen LogP contribution in [0.15, 0.2) is 48.5 Å². The van der Waals surface area contributed by atoms with E-state index in [1.165, 1.54) is 5.56 Å². The van der Waals surface area contributed by atoms with Crippen LogP contribution in [0.5, 0.6) is 0 Å². The maximum Gasteiger partial charge on any atom is 0.230 e. The van der Waals surface area contributed by atoms with Crippen LogP contribution in [0.4, 0.5) is 0 Å². The van der Waals surface area contributed by atoms with E-state index in [1.807, 2.05) is 31.2 Å². The fraction of sp³-hybridized carbons (Fsp3) is 0.316. The third kappa shape index (κ3) is 5.92. The molecular weight excluding hydrogens is 326 g/mol. The van der Waals surface area contributed by atoms with Crippen LogP contribution in [0.1, 0.15) is 36.6 Å². The monoisotopic (exact) mass is 347 g/mol. The summed E-state index contributed by atoms with van der Waals surface area (Å²) in [4.78, 5) is 12.0. The van der Waals surface area contributed by atoms with E-state index in [0.29, 0.717) is 5.75 Å². The summed E-state index contributed by atoms with van der Waals surface area (Å²) in [6.07, 6.45) is 1.03. The van der Waals surface area contributed by atoms with Crippen LogP contribution in [-0.4, -0.2) is 11.7 Å². The van der Waals surface area contributed by atoms with Crippen molar-refractivity contribution < 1.29 is 4.79 Å². The molecule has 0 aliphatic heterocycles. The minimum Gasteiger partial charge on any atom is -0.349 e. The van der Waals surface area contributed by atoms with E-state index in [-0.39, 0.29) is 11.9 Å². The number of amides is 1. The van der Waals surface area contributed by atoms with Gasteiger partial charge >= 0.3 is 0 Å². The first-order valence-corrected chi connectivity index (χ1v) is 9.32. The number of hydrogen-bond donors (Lipinski definition) is 1. The van der Waals surface area contributed by atoms with Crippen molar-refractivity contribution in [1.82, 2.24) is 5.32 Å². The van der Waals surface area contributed by atoms with Gasteiger partial charge in [0.1, 0.15) is 0 Å². The first kappa shape index (κ1) is 17.9. The van der Waals surface area contributed by atoms with E-state index in [0.717, 1.165) is 28.3 Å². The molecule has 0 saturated carbocycles. The lowest BCUT2D eigenvalue weighted by Gasteiger charge is -2.14. The molecule has 1 atom stereocenters. The summed E-state index contributed by atoms with van der Waals surface area (Å²) in [7, 11) is 0. The Morgan fingerprint density at radius 3 is 2.57 bits per heavy atom. The van der Waals surface area contributed by atoms with Crippen LogP contribution in [0, 0.1) is 0 Å². The van der Waals surface area contributed by atoms with Gasteiger partial charge < -0.3 is 5.32 Å². The summed E-state index contributed by atoms with van der Waals surface area (Å²) in [5.74, 6) is 1.29. The molecule has 2 nitrogen and oxygen atoms in total. The molecule has 0 saturated heterocycles. The first-order valence-electron chi connectivity index (χ1n) is 7.79. The predicted octanol–water partition coefficient (Wildman–Crippen LogP) is 5.01. The molecule has 2 rings (SSSR count). The highest BCUT2D eigenvalue weighted by Gasteiger charge is 2.09. The lowest BCUT2D eigenvalue weighted by Crippen LogP contribution is -2.28. The lowest BCUT2D eigenvalue weighted by molar-refractivity contribution is -0.119. The van der Waals surface area contributed by atoms with Crippen LogP contribution in [-0.2, 0) is 17.0 Å². The number of thioether (sulfide) groups is 1. The highest BCUT2D eigenvalue weighted by atomic mass is 35.5. The standard InChI is InChI=1S/C19H22ClNOS/c1-3-15-7-9-17(10-8-15)14(2)21-19(22)13-23-12-16-5-4-6-18(20)11-16/h4-11,14H,3,12-13H2,1-2H3,(H,21,22)/t14-/m1/s1. The molecule has 0 aliphatic carbocycles. The van der Waals surface area contributed by atoms with Gasteiger partial charge in [0.2, 0.25) is 5.91 Å². The average Bonchev–Trinajstić information content (AvgIpc) is 2.55. The van der Waals surface area contributed by atoms with Gasteiger partial charge in [0, 0.05) is 10.8 Å². The first-order chi connectivity index (χ1) is 11.1. The Labute approximate surface area is 147 Å². The zero-order valence-corrected chi connectivity index (χ0v) is 15.1. The molecule has 2 aromatic carbocycles. The number of benzene rings is 2. The van der Waals surface area contributed by atoms with E-state index in [4.69, 9.17) is 11.6 Å². The summed E-state index contributed by atoms with van der Waals surface area (Å²) in [5.41, 5.74) is 3.58. The summed E-state index contributed by atoms with van der Waals surface area (Å²) in [5, 5.41) is 3.78. The Balaban J connectivity index is 1.77. The van der Waals surface area contributed by atoms with Crippen molar-refractivity contribution in [3.05, 3.63) is 70.2 Å². The smallest absolute Gasteiger partial charge is 0.230 e. The number of halogens is 1. The minimum absolute atomic E-state index is 0.0279. The van der Waals surface area contributed by atoms with Gasteiger partial charge in [-0.15, -0.1) is 11.8 Å². The number of nitrogens with one attached hydrogen (secondary N) is 1. The molecule has 1 N–H and O–H groups in total. The van der Waals surface area contributed by atoms with Gasteiger partial charge in [0.15, 0.2) is 0 Å². The predicted molar refractivity (Wildman–Crippen MR) is 100.0 cm³/mol. The zero-order valence-electron chi connectivity index (χ0n) is 13.5. The fourth-order valence-electron chi connectivity index (χ4n) is 2.30. The second-order valence-electron chi connectivity index (χ2n) is 5.51. The highest BCUT2D eigenvalue weighted by Crippen LogP contribution is 2.17. The Hall–Kier alpha value is -1.45. The normalized spacial score (nSPS) is 12.0. The molecule has 0 fully saturated rings. The van der Waals surface area contributed by atoms with Crippen molar-refractivity contribution in [3.63, 3.8) is 0 Å². The zero-order chi connectivity index (χ0) is 16.7. The Kier molecular flexibility index (Phi) is 7.00. The van der Waals surface area contributed by atoms with Gasteiger partial charge in [0.25, 0.3) is 0 Å². The minimum atomic E-state index is 0.0279. The van der Waals surface area contributed by atoms with Crippen LogP contribution in [0.3, 0.4) is 0 Å². The molecular formula is C19H22ClNOS. The van der Waals surface area contributed by atoms with E-state index in [2.05, 4.69) is 36.5 Å². The third-order valence-corrected chi connectivity index (χ3v) is 4.90. The largest absolute Gasteiger partial charge is 0.349 e. The second-order valence-corrected chi connectivity index (χ2v) is 6.93. The molecule has 4 heteroatoms. The van der Waals surface area contributed by atoms with Crippen LogP contribution in [0.2, 0.25) is 5.02 Å². The topological polar surface area (TPSA) is 29.1 Å². The van der Waals surface area contributed by atoms with Gasteiger partial charge in [-0.25, -0.2) is 0 Å². The highest BCUT2D eigenvalue weighted by molar-refractivity contribution is 7.99. The molecule has 1 amide bonds. The molecule has 122 valence electrons. The van der Waals surface area contributed by atoms with Crippen molar-refractivity contribution >= 4 is 29.3 Å². The lowest BCUT2D eigenvalue weighted by atomic mass is 10.1. The number of carbonyl (C=O) groups excluding carboxylic acids is 1. The molecule has 0 unspecified atom stereocenters. The molecule has 0 aromatic heterocycles. The number of aryl methyl sites for hydroxylation is 1. The Morgan fingerprint density at radius 2 is 1.91 bits per heavy atom. The van der Waals surface area contributed by atoms with Crippen molar-refractivity contribution in [2.45, 2.75) is 32.1 Å². The molecule has 0 aliphatic rings. The molecule has 23 heavy (non-hydrogen) atoms. The molecule has 0 heterocycles. The van der Waals surface area contributed by atoms with Gasteiger partial charge in [0.05, 0.1) is 11.8 Å². The number of hydrogen-bond acceptors (Lipinski definition) is 2. The maximum absolute atomic E-state index is 12.0. The fourth-order valence-corrected chi connectivity index (χ4v) is 3.30. The van der Waals surface area contributed by atoms with Gasteiger partial charge in [-0.1, -0.05) is 54.9 Å². The Bertz CT molecular complexity index is 642. The summed E-state index contributed by atoms with van der Waals surface area (Å²) < 4.78 is 0. The number of rotatable bonds is 7. The second kappa shape index (κ2) is 8.99. The molecule has 2 aromatic rings. The molecule has 0 bridgehead atoms. The van der Waals surface area contributed by atoms with E-state index >= 15 is 0 Å². The quantitative estimate of drug-likeness (QED) is 0.762. The van der Waals surface area contributed by atoms with Crippen molar-refractivity contribution in [1.29, 1.82) is 0 Å². The van der Waals surface area contributed by atoms with Crippen molar-refractivity contribution in [3.8, 4) is 0 Å². The molecule has 0 spiro atoms. The third-order valence-electron chi connectivity index (χ3n) is 3.66. The van der Waals surface area contributed by atoms with Crippen LogP contribution in [0.25, 0.3) is 0 Å². The molecule has 0 radical (unpaired) electrons. The number of carbonyl (C=O) groups is 1. The van der Waals surface area contributed by atoms with E-state index in [1.54, 1.807) is 11.8 Å². The average molecular weight is 348 g/mol. The Morgan fingerprint density at radius 1 is 1.17 bits per heavy atom. The SMILES string of the molecule is CCc1ccc([C@@H](C)NC(=O)CSCc2cccc(Cl)c2)cc1. The van der Waals surface area contributed by atoms with Crippen LogP contribution < -0.4 is 5.32 Å². The van der Waals surface area contributed by atoms with E-state index < -0.39 is 0 Å². The van der Waals surface area contributed by atoms with Crippen molar-refractivity contribution in [2.24, 2.45) is 0 Å². The maximum atomic E-state index is 12.0.